The number of aliphatic imine (C=N–C) groups is 1. The number of halogens is 1. The van der Waals surface area contributed by atoms with E-state index in [4.69, 9.17) is 8.67 Å². The van der Waals surface area contributed by atoms with Crippen LogP contribution in [0, 0.1) is 26.6 Å². The van der Waals surface area contributed by atoms with Crippen LogP contribution in [0.3, 0.4) is 0 Å². The average Bonchev–Trinajstić information content (AvgIpc) is 3.70. The Morgan fingerprint density at radius 2 is 1.29 bits per heavy atom. The molecule has 0 radical (unpaired) electrons. The van der Waals surface area contributed by atoms with Crippen LogP contribution in [-0.2, 0) is 20.2 Å². The molecular formula is C35H48FNO2S2. The van der Waals surface area contributed by atoms with Crippen LogP contribution in [0.4, 0.5) is 10.1 Å². The molecule has 1 aliphatic heterocycles. The third-order valence-corrected chi connectivity index (χ3v) is 7.62. The zero-order valence-corrected chi connectivity index (χ0v) is 28.1. The number of nitrogens with zero attached hydrogens (tertiary/aromatic N) is 1. The topological polar surface area (TPSA) is 37.4 Å². The summed E-state index contributed by atoms with van der Waals surface area (Å²) in [6.07, 6.45) is 1.93. The normalized spacial score (nSPS) is 12.9. The van der Waals surface area contributed by atoms with Crippen molar-refractivity contribution < 1.29 is 13.1 Å². The second kappa shape index (κ2) is 18.7. The summed E-state index contributed by atoms with van der Waals surface area (Å²) in [5.41, 5.74) is 8.50. The van der Waals surface area contributed by atoms with Crippen molar-refractivity contribution in [2.24, 2.45) is 4.99 Å². The van der Waals surface area contributed by atoms with Crippen LogP contribution >= 0.6 is 23.2 Å². The molecule has 0 aromatic heterocycles. The summed E-state index contributed by atoms with van der Waals surface area (Å²) < 4.78 is 22.1. The summed E-state index contributed by atoms with van der Waals surface area (Å²) in [4.78, 5) is 4.38. The van der Waals surface area contributed by atoms with Gasteiger partial charge >= 0.3 is 0 Å². The first kappa shape index (κ1) is 36.4. The summed E-state index contributed by atoms with van der Waals surface area (Å²) in [5, 5.41) is 2.70. The molecule has 1 fully saturated rings. The first-order valence-electron chi connectivity index (χ1n) is 14.2. The van der Waals surface area contributed by atoms with Crippen molar-refractivity contribution in [3.05, 3.63) is 112 Å². The van der Waals surface area contributed by atoms with Gasteiger partial charge in [-0.2, -0.15) is 12.6 Å². The minimum Gasteiger partial charge on any atom is -0.258 e. The number of fused-ring (bicyclic) bond motifs is 1. The number of hydrogen-bond acceptors (Lipinski definition) is 4. The molecule has 3 nitrogen and oxygen atoms in total. The molecule has 0 saturated carbocycles. The highest BCUT2D eigenvalue weighted by Crippen LogP contribution is 2.64. The molecule has 4 aromatic carbocycles. The number of benzene rings is 4. The molecular weight excluding hydrogens is 550 g/mol. The second-order valence-corrected chi connectivity index (χ2v) is 12.1. The maximum atomic E-state index is 12.5. The Labute approximate surface area is 255 Å². The van der Waals surface area contributed by atoms with Gasteiger partial charge < -0.3 is 0 Å². The van der Waals surface area contributed by atoms with Crippen molar-refractivity contribution in [2.45, 2.75) is 73.8 Å². The van der Waals surface area contributed by atoms with Crippen LogP contribution in [0.1, 0.15) is 69.4 Å². The summed E-state index contributed by atoms with van der Waals surface area (Å²) in [6.45, 7) is 18.4. The summed E-state index contributed by atoms with van der Waals surface area (Å²) >= 11 is 4.39. The Bertz CT molecular complexity index is 1360. The second-order valence-electron chi connectivity index (χ2n) is 9.37. The average molecular weight is 598 g/mol. The van der Waals surface area contributed by atoms with Crippen LogP contribution in [0.25, 0.3) is 10.8 Å². The van der Waals surface area contributed by atoms with Crippen molar-refractivity contribution in [3.63, 3.8) is 0 Å². The highest BCUT2D eigenvalue weighted by Gasteiger charge is 2.33. The van der Waals surface area contributed by atoms with Crippen LogP contribution in [0.2, 0.25) is 0 Å². The van der Waals surface area contributed by atoms with Gasteiger partial charge in [0.2, 0.25) is 0 Å². The fraction of sp³-hybridized carbons (Fsp3) is 0.343. The van der Waals surface area contributed by atoms with Crippen LogP contribution in [0.5, 0.6) is 0 Å². The van der Waals surface area contributed by atoms with Crippen molar-refractivity contribution in [2.75, 3.05) is 6.26 Å². The van der Waals surface area contributed by atoms with Crippen molar-refractivity contribution in [3.8, 4) is 0 Å². The van der Waals surface area contributed by atoms with Crippen LogP contribution in [0.15, 0.2) is 83.9 Å². The molecule has 1 saturated heterocycles. The molecule has 1 aliphatic rings. The van der Waals surface area contributed by atoms with E-state index in [0.717, 1.165) is 28.5 Å². The monoisotopic (exact) mass is 597 g/mol. The third kappa shape index (κ3) is 12.4. The van der Waals surface area contributed by atoms with Crippen molar-refractivity contribution >= 4 is 45.4 Å². The zero-order valence-electron chi connectivity index (χ0n) is 26.4. The molecule has 5 rings (SSSR count). The number of para-hydroxylation sites is 1. The van der Waals surface area contributed by atoms with Gasteiger partial charge in [0.1, 0.15) is 5.82 Å². The molecule has 0 bridgehead atoms. The summed E-state index contributed by atoms with van der Waals surface area (Å²) in [6, 6.07) is 25.3. The van der Waals surface area contributed by atoms with E-state index in [-0.39, 0.29) is 5.82 Å². The van der Waals surface area contributed by atoms with E-state index in [2.05, 4.69) is 74.8 Å². The minimum atomic E-state index is -1.26. The highest BCUT2D eigenvalue weighted by molar-refractivity contribution is 8.28. The van der Waals surface area contributed by atoms with E-state index in [9.17, 15) is 4.39 Å². The Morgan fingerprint density at radius 3 is 1.80 bits per heavy atom. The van der Waals surface area contributed by atoms with Gasteiger partial charge in [-0.25, -0.2) is 4.39 Å². The van der Waals surface area contributed by atoms with Crippen molar-refractivity contribution in [1.29, 1.82) is 0 Å². The van der Waals surface area contributed by atoms with Gasteiger partial charge in [-0.05, 0) is 91.4 Å². The van der Waals surface area contributed by atoms with E-state index in [0.29, 0.717) is 0 Å². The maximum Gasteiger partial charge on any atom is 0.123 e. The smallest absolute Gasteiger partial charge is 0.123 e. The van der Waals surface area contributed by atoms with Gasteiger partial charge in [-0.15, -0.1) is 19.3 Å². The Hall–Kier alpha value is -2.64. The predicted molar refractivity (Wildman–Crippen MR) is 184 cm³/mol. The molecule has 1 heterocycles. The molecule has 0 aliphatic carbocycles. The number of hydrogen-bond donors (Lipinski definition) is 1. The standard InChI is InChI=1S/C13H14S.C10H13N.C8H9FO2S.2C2H6/c1-9-7-10(2)13(8-14)12-6-4-3-5-11(9)12;1-8(2)11-10-7-5-4-6-9(10)3;1-12(10-11-12)6-7-2-4-8(9)5-3-7;2*1-2/h3-7,14H,8H2,1-2H3;4-7H,1-3H3;2-5H,6H2,1H3;2*1-2H3. The molecule has 0 amide bonds. The largest absolute Gasteiger partial charge is 0.258 e. The van der Waals surface area contributed by atoms with Crippen LogP contribution < -0.4 is 0 Å². The van der Waals surface area contributed by atoms with E-state index in [1.807, 2.05) is 66.0 Å². The van der Waals surface area contributed by atoms with E-state index >= 15 is 0 Å². The van der Waals surface area contributed by atoms with Gasteiger partial charge in [0.15, 0.2) is 0 Å². The van der Waals surface area contributed by atoms with Gasteiger partial charge in [0.05, 0.1) is 11.4 Å². The van der Waals surface area contributed by atoms with Gasteiger partial charge in [0.25, 0.3) is 0 Å². The van der Waals surface area contributed by atoms with Crippen LogP contribution in [-0.4, -0.2) is 12.0 Å². The van der Waals surface area contributed by atoms with Crippen molar-refractivity contribution in [1.82, 2.24) is 0 Å². The lowest BCUT2D eigenvalue weighted by Crippen LogP contribution is -1.90. The number of thiol groups is 1. The number of rotatable bonds is 4. The van der Waals surface area contributed by atoms with Gasteiger partial charge in [0, 0.05) is 17.7 Å². The molecule has 41 heavy (non-hydrogen) atoms. The third-order valence-electron chi connectivity index (χ3n) is 5.85. The summed E-state index contributed by atoms with van der Waals surface area (Å²) in [5.74, 6) is 1.34. The van der Waals surface area contributed by atoms with E-state index in [1.54, 1.807) is 12.1 Å². The molecule has 0 unspecified atom stereocenters. The Morgan fingerprint density at radius 1 is 0.756 bits per heavy atom. The fourth-order valence-corrected chi connectivity index (χ4v) is 5.60. The lowest BCUT2D eigenvalue weighted by molar-refractivity contribution is 0.0850. The molecule has 6 heteroatoms. The molecule has 0 spiro atoms. The molecule has 0 atom stereocenters. The Balaban J connectivity index is 0.000000291. The van der Waals surface area contributed by atoms with E-state index in [1.165, 1.54) is 45.2 Å². The Kier molecular flexibility index (Phi) is 16.6. The molecule has 0 N–H and O–H groups in total. The highest BCUT2D eigenvalue weighted by atomic mass is 32.3. The molecule has 4 aromatic rings. The quantitative estimate of drug-likeness (QED) is 0.110. The lowest BCUT2D eigenvalue weighted by Gasteiger charge is -2.10. The number of aryl methyl sites for hydroxylation is 3. The maximum absolute atomic E-state index is 12.5. The van der Waals surface area contributed by atoms with E-state index < -0.39 is 10.6 Å². The van der Waals surface area contributed by atoms with Gasteiger partial charge in [-0.3, -0.25) is 4.99 Å². The zero-order chi connectivity index (χ0) is 31.0. The fourth-order valence-electron chi connectivity index (χ4n) is 3.91. The molecule has 224 valence electrons. The lowest BCUT2D eigenvalue weighted by atomic mass is 9.97. The first-order valence-corrected chi connectivity index (χ1v) is 16.9. The summed E-state index contributed by atoms with van der Waals surface area (Å²) in [7, 11) is -1.26. The SMILES string of the molecule is CC.CC.CC(C)=Nc1ccccc1C.CS1(Cc2ccc(F)cc2)OO1.Cc1cc(C)c2ccccc2c1CS. The predicted octanol–water partition coefficient (Wildman–Crippen LogP) is 11.6. The minimum absolute atomic E-state index is 0.212. The van der Waals surface area contributed by atoms with Gasteiger partial charge in [-0.1, -0.05) is 88.4 Å². The first-order chi connectivity index (χ1) is 19.6.